The standard InChI is InChI=1S/C25H21F6NO4.C9H9ClO2/c1-34-17-7-3-6-16(12-17)21-14-35-23-19(15-5-2-8-18(11-15)36-25(29,30)31)9-4-10-20(23)32(21)13-22(33)24(26,27)28;1-12-8-4-2-3-7(5-8)9(11)6-10/h2-12,21-22,33H,13-14H2,1H3;2-5H,6H2,1H3. The number of rotatable bonds is 9. The lowest BCUT2D eigenvalue weighted by Gasteiger charge is -2.40. The van der Waals surface area contributed by atoms with Crippen LogP contribution in [0.2, 0.25) is 0 Å². The van der Waals surface area contributed by atoms with E-state index in [1.807, 2.05) is 0 Å². The number of nitrogens with zero attached hydrogens (tertiary/aromatic N) is 1. The number of anilines is 1. The maximum absolute atomic E-state index is 13.3. The van der Waals surface area contributed by atoms with Gasteiger partial charge >= 0.3 is 12.5 Å². The first-order valence-electron chi connectivity index (χ1n) is 14.2. The number of carbonyl (C=O) groups is 1. The topological polar surface area (TPSA) is 77.5 Å². The summed E-state index contributed by atoms with van der Waals surface area (Å²) in [6.45, 7) is -0.872. The Balaban J connectivity index is 0.000000365. The van der Waals surface area contributed by atoms with Crippen LogP contribution in [0.1, 0.15) is 22.0 Å². The Morgan fingerprint density at radius 3 is 2.17 bits per heavy atom. The zero-order chi connectivity index (χ0) is 35.1. The predicted molar refractivity (Wildman–Crippen MR) is 167 cm³/mol. The number of fused-ring (bicyclic) bond motifs is 1. The van der Waals surface area contributed by atoms with Crippen LogP contribution in [0.3, 0.4) is 0 Å². The maximum Gasteiger partial charge on any atom is 0.573 e. The van der Waals surface area contributed by atoms with Gasteiger partial charge in [0, 0.05) is 11.1 Å². The van der Waals surface area contributed by atoms with Crippen molar-refractivity contribution < 1.29 is 55.2 Å². The van der Waals surface area contributed by atoms with Gasteiger partial charge < -0.3 is 29.0 Å². The van der Waals surface area contributed by atoms with Crippen LogP contribution in [0.5, 0.6) is 23.0 Å². The number of halogens is 7. The van der Waals surface area contributed by atoms with E-state index < -0.39 is 37.0 Å². The number of aliphatic hydroxyl groups excluding tert-OH is 1. The minimum atomic E-state index is -4.89. The van der Waals surface area contributed by atoms with Crippen molar-refractivity contribution in [3.63, 3.8) is 0 Å². The van der Waals surface area contributed by atoms with Crippen molar-refractivity contribution in [2.45, 2.75) is 24.7 Å². The van der Waals surface area contributed by atoms with Crippen LogP contribution < -0.4 is 23.8 Å². The molecule has 0 saturated heterocycles. The summed E-state index contributed by atoms with van der Waals surface area (Å²) in [5.41, 5.74) is 2.10. The highest BCUT2D eigenvalue weighted by Crippen LogP contribution is 2.46. The van der Waals surface area contributed by atoms with Crippen LogP contribution in [0.25, 0.3) is 11.1 Å². The Labute approximate surface area is 277 Å². The quantitative estimate of drug-likeness (QED) is 0.107. The predicted octanol–water partition coefficient (Wildman–Crippen LogP) is 8.24. The van der Waals surface area contributed by atoms with Crippen LogP contribution in [0.4, 0.5) is 32.0 Å². The van der Waals surface area contributed by atoms with Crippen molar-refractivity contribution in [3.8, 4) is 34.1 Å². The number of ether oxygens (including phenoxy) is 4. The summed E-state index contributed by atoms with van der Waals surface area (Å²) >= 11 is 5.39. The fourth-order valence-electron chi connectivity index (χ4n) is 4.92. The Morgan fingerprint density at radius 2 is 1.52 bits per heavy atom. The van der Waals surface area contributed by atoms with Crippen molar-refractivity contribution in [1.82, 2.24) is 0 Å². The van der Waals surface area contributed by atoms with Crippen LogP contribution in [0, 0.1) is 0 Å². The summed E-state index contributed by atoms with van der Waals surface area (Å²) < 4.78 is 98.2. The summed E-state index contributed by atoms with van der Waals surface area (Å²) in [5, 5.41) is 9.90. The fraction of sp³-hybridized carbons (Fsp3) is 0.265. The van der Waals surface area contributed by atoms with Gasteiger partial charge in [-0.15, -0.1) is 24.8 Å². The number of hydrogen-bond donors (Lipinski definition) is 1. The molecule has 7 nitrogen and oxygen atoms in total. The molecule has 1 heterocycles. The third kappa shape index (κ3) is 9.26. The number of Topliss-reactive ketones (excluding diaryl/α,β-unsaturated/α-hetero) is 1. The van der Waals surface area contributed by atoms with E-state index in [0.29, 0.717) is 33.8 Å². The van der Waals surface area contributed by atoms with Gasteiger partial charge in [-0.2, -0.15) is 13.2 Å². The van der Waals surface area contributed by atoms with E-state index in [9.17, 15) is 36.2 Å². The molecule has 2 unspecified atom stereocenters. The molecule has 0 aromatic heterocycles. The SMILES string of the molecule is COc1cccc(C(=O)CCl)c1.COc1cccc(C2COc3c(-c4cccc(OC(F)(F)F)c4)cccc3N2CC(O)C(F)(F)F)c1. The number of methoxy groups -OCH3 is 2. The maximum atomic E-state index is 13.3. The lowest BCUT2D eigenvalue weighted by molar-refractivity contribution is -0.274. The van der Waals surface area contributed by atoms with E-state index in [1.165, 1.54) is 30.2 Å². The smallest absolute Gasteiger partial charge is 0.497 e. The Bertz CT molecular complexity index is 1700. The molecule has 0 fully saturated rings. The van der Waals surface area contributed by atoms with Gasteiger partial charge in [-0.25, -0.2) is 0 Å². The molecule has 14 heteroatoms. The van der Waals surface area contributed by atoms with Crippen molar-refractivity contribution >= 4 is 23.1 Å². The Kier molecular flexibility index (Phi) is 11.7. The van der Waals surface area contributed by atoms with E-state index in [2.05, 4.69) is 4.74 Å². The van der Waals surface area contributed by atoms with Crippen LogP contribution in [-0.4, -0.2) is 62.8 Å². The molecular weight excluding hydrogens is 668 g/mol. The summed E-state index contributed by atoms with van der Waals surface area (Å²) in [6, 6.07) is 22.8. The van der Waals surface area contributed by atoms with E-state index in [4.69, 9.17) is 25.8 Å². The monoisotopic (exact) mass is 697 g/mol. The summed E-state index contributed by atoms with van der Waals surface area (Å²) in [5.74, 6) is 0.807. The van der Waals surface area contributed by atoms with E-state index in [1.54, 1.807) is 67.8 Å². The molecule has 2 atom stereocenters. The molecule has 4 aromatic rings. The number of hydrogen-bond acceptors (Lipinski definition) is 7. The van der Waals surface area contributed by atoms with E-state index in [-0.39, 0.29) is 29.7 Å². The lowest BCUT2D eigenvalue weighted by Crippen LogP contribution is -2.46. The van der Waals surface area contributed by atoms with Gasteiger partial charge in [0.25, 0.3) is 0 Å². The zero-order valence-corrected chi connectivity index (χ0v) is 26.3. The van der Waals surface area contributed by atoms with Gasteiger partial charge in [0.2, 0.25) is 0 Å². The summed E-state index contributed by atoms with van der Waals surface area (Å²) in [7, 11) is 3.02. The Hall–Kier alpha value is -4.62. The molecule has 48 heavy (non-hydrogen) atoms. The van der Waals surface area contributed by atoms with Crippen LogP contribution in [0.15, 0.2) is 91.0 Å². The summed E-state index contributed by atoms with van der Waals surface area (Å²) in [4.78, 5) is 12.5. The van der Waals surface area contributed by atoms with Crippen LogP contribution >= 0.6 is 11.6 Å². The van der Waals surface area contributed by atoms with Gasteiger partial charge in [-0.05, 0) is 53.6 Å². The van der Waals surface area contributed by atoms with Crippen LogP contribution in [-0.2, 0) is 0 Å². The first kappa shape index (κ1) is 36.2. The van der Waals surface area contributed by atoms with Crippen molar-refractivity contribution in [3.05, 3.63) is 102 Å². The second-order valence-electron chi connectivity index (χ2n) is 10.3. The molecule has 0 radical (unpaired) electrons. The molecule has 1 aliphatic heterocycles. The van der Waals surface area contributed by atoms with E-state index in [0.717, 1.165) is 12.1 Å². The minimum absolute atomic E-state index is 0.00711. The molecule has 256 valence electrons. The molecular formula is C34H30ClF6NO6. The lowest BCUT2D eigenvalue weighted by atomic mass is 9.98. The average molecular weight is 698 g/mol. The molecule has 5 rings (SSSR count). The van der Waals surface area contributed by atoms with Gasteiger partial charge in [-0.3, -0.25) is 4.79 Å². The normalized spacial score (nSPS) is 14.9. The Morgan fingerprint density at radius 1 is 0.896 bits per heavy atom. The highest BCUT2D eigenvalue weighted by Gasteiger charge is 2.42. The second kappa shape index (κ2) is 15.5. The first-order chi connectivity index (χ1) is 22.7. The van der Waals surface area contributed by atoms with Gasteiger partial charge in [0.15, 0.2) is 17.6 Å². The van der Waals surface area contributed by atoms with Crippen molar-refractivity contribution in [1.29, 1.82) is 0 Å². The van der Waals surface area contributed by atoms with Gasteiger partial charge in [-0.1, -0.05) is 48.5 Å². The molecule has 0 spiro atoms. The molecule has 0 aliphatic carbocycles. The van der Waals surface area contributed by atoms with Gasteiger partial charge in [0.05, 0.1) is 38.4 Å². The number of alkyl halides is 7. The number of aliphatic hydroxyl groups is 1. The highest BCUT2D eigenvalue weighted by molar-refractivity contribution is 6.30. The largest absolute Gasteiger partial charge is 0.573 e. The number of ketones is 1. The third-order valence-electron chi connectivity index (χ3n) is 7.18. The van der Waals surface area contributed by atoms with E-state index >= 15 is 0 Å². The number of β-amino-alcohol motifs (C(OH)–C–C–N with tert-alkyl or cyclic N) is 1. The summed E-state index contributed by atoms with van der Waals surface area (Å²) in [6.07, 6.45) is -12.4. The number of para-hydroxylation sites is 1. The van der Waals surface area contributed by atoms with Crippen molar-refractivity contribution in [2.75, 3.05) is 38.2 Å². The van der Waals surface area contributed by atoms with Crippen molar-refractivity contribution in [2.24, 2.45) is 0 Å². The zero-order valence-electron chi connectivity index (χ0n) is 25.5. The molecule has 0 bridgehead atoms. The molecule has 0 amide bonds. The third-order valence-corrected chi connectivity index (χ3v) is 7.43. The van der Waals surface area contributed by atoms with Gasteiger partial charge in [0.1, 0.15) is 23.9 Å². The second-order valence-corrected chi connectivity index (χ2v) is 10.6. The average Bonchev–Trinajstić information content (AvgIpc) is 3.07. The first-order valence-corrected chi connectivity index (χ1v) is 14.8. The molecule has 1 N–H and O–H groups in total. The number of benzene rings is 4. The fourth-order valence-corrected chi connectivity index (χ4v) is 5.08. The highest BCUT2D eigenvalue weighted by atomic mass is 35.5. The number of carbonyl (C=O) groups excluding carboxylic acids is 1. The minimum Gasteiger partial charge on any atom is -0.497 e. The molecule has 1 aliphatic rings. The molecule has 4 aromatic carbocycles. The molecule has 0 saturated carbocycles.